The molecule has 31 heavy (non-hydrogen) atoms. The van der Waals surface area contributed by atoms with Crippen LogP contribution in [0.15, 0.2) is 59.8 Å². The second-order valence-electron chi connectivity index (χ2n) is 8.03. The summed E-state index contributed by atoms with van der Waals surface area (Å²) in [4.78, 5) is 15.2. The van der Waals surface area contributed by atoms with Crippen LogP contribution in [0.25, 0.3) is 5.69 Å². The quantitative estimate of drug-likeness (QED) is 0.546. The molecule has 3 aromatic rings. The van der Waals surface area contributed by atoms with Crippen LogP contribution in [-0.2, 0) is 11.3 Å². The number of hydrogen-bond acceptors (Lipinski definition) is 5. The van der Waals surface area contributed by atoms with Crippen molar-refractivity contribution in [1.29, 1.82) is 0 Å². The van der Waals surface area contributed by atoms with Gasteiger partial charge in [0.2, 0.25) is 5.91 Å². The normalized spacial score (nSPS) is 15.5. The molecule has 1 saturated heterocycles. The molecule has 1 unspecified atom stereocenters. The molecule has 0 radical (unpaired) electrons. The highest BCUT2D eigenvalue weighted by Crippen LogP contribution is 2.27. The summed E-state index contributed by atoms with van der Waals surface area (Å²) < 4.78 is 2.09. The molecule has 7 heteroatoms. The molecule has 6 nitrogen and oxygen atoms in total. The van der Waals surface area contributed by atoms with Crippen LogP contribution in [0, 0.1) is 6.92 Å². The zero-order valence-corrected chi connectivity index (χ0v) is 18.9. The van der Waals surface area contributed by atoms with Crippen molar-refractivity contribution in [2.24, 2.45) is 0 Å². The number of piperidine rings is 1. The number of rotatable bonds is 7. The molecule has 0 saturated carbocycles. The highest BCUT2D eigenvalue weighted by Gasteiger charge is 2.23. The van der Waals surface area contributed by atoms with Crippen LogP contribution < -0.4 is 5.32 Å². The zero-order chi connectivity index (χ0) is 21.6. The van der Waals surface area contributed by atoms with E-state index in [1.165, 1.54) is 31.0 Å². The number of thioether (sulfide) groups is 1. The molecule has 2 aromatic carbocycles. The molecule has 0 bridgehead atoms. The van der Waals surface area contributed by atoms with E-state index in [4.69, 9.17) is 0 Å². The summed E-state index contributed by atoms with van der Waals surface area (Å²) in [6.45, 7) is 6.88. The van der Waals surface area contributed by atoms with Crippen molar-refractivity contribution in [2.45, 2.75) is 50.1 Å². The van der Waals surface area contributed by atoms with Gasteiger partial charge in [-0.05, 0) is 69.6 Å². The second kappa shape index (κ2) is 10.1. The second-order valence-corrected chi connectivity index (χ2v) is 9.33. The number of para-hydroxylation sites is 1. The van der Waals surface area contributed by atoms with Crippen molar-refractivity contribution >= 4 is 23.4 Å². The number of aryl methyl sites for hydroxylation is 1. The number of nitrogens with zero attached hydrogens (tertiary/aromatic N) is 4. The predicted octanol–water partition coefficient (Wildman–Crippen LogP) is 4.68. The smallest absolute Gasteiger partial charge is 0.237 e. The van der Waals surface area contributed by atoms with Gasteiger partial charge in [0.05, 0.1) is 11.8 Å². The van der Waals surface area contributed by atoms with Gasteiger partial charge in [0.15, 0.2) is 11.0 Å². The molecule has 4 rings (SSSR count). The maximum absolute atomic E-state index is 12.8. The van der Waals surface area contributed by atoms with E-state index in [1.54, 1.807) is 0 Å². The summed E-state index contributed by atoms with van der Waals surface area (Å²) in [6.07, 6.45) is 3.77. The van der Waals surface area contributed by atoms with Crippen LogP contribution in [0.5, 0.6) is 0 Å². The van der Waals surface area contributed by atoms with Gasteiger partial charge in [-0.3, -0.25) is 14.3 Å². The van der Waals surface area contributed by atoms with Gasteiger partial charge in [-0.1, -0.05) is 48.5 Å². The monoisotopic (exact) mass is 435 g/mol. The van der Waals surface area contributed by atoms with Crippen molar-refractivity contribution in [2.75, 3.05) is 18.4 Å². The number of anilines is 1. The van der Waals surface area contributed by atoms with Gasteiger partial charge in [-0.15, -0.1) is 10.2 Å². The average molecular weight is 436 g/mol. The molecule has 1 aromatic heterocycles. The molecule has 2 heterocycles. The Bertz CT molecular complexity index is 1010. The first kappa shape index (κ1) is 21.6. The van der Waals surface area contributed by atoms with E-state index < -0.39 is 0 Å². The lowest BCUT2D eigenvalue weighted by Gasteiger charge is -2.26. The van der Waals surface area contributed by atoms with E-state index in [1.807, 2.05) is 56.3 Å². The van der Waals surface area contributed by atoms with Crippen molar-refractivity contribution in [1.82, 2.24) is 19.7 Å². The molecule has 1 atom stereocenters. The van der Waals surface area contributed by atoms with Crippen LogP contribution in [0.4, 0.5) is 5.69 Å². The van der Waals surface area contributed by atoms with Crippen molar-refractivity contribution < 1.29 is 4.79 Å². The number of aromatic nitrogens is 3. The third-order valence-electron chi connectivity index (χ3n) is 5.47. The van der Waals surface area contributed by atoms with E-state index in [0.717, 1.165) is 47.6 Å². The Kier molecular flexibility index (Phi) is 7.04. The van der Waals surface area contributed by atoms with E-state index in [0.29, 0.717) is 0 Å². The fourth-order valence-corrected chi connectivity index (χ4v) is 4.70. The largest absolute Gasteiger partial charge is 0.325 e. The Labute approximate surface area is 188 Å². The highest BCUT2D eigenvalue weighted by molar-refractivity contribution is 8.00. The van der Waals surface area contributed by atoms with Crippen molar-refractivity contribution in [3.05, 3.63) is 66.0 Å². The minimum atomic E-state index is -0.310. The van der Waals surface area contributed by atoms with Crippen LogP contribution in [-0.4, -0.2) is 43.9 Å². The van der Waals surface area contributed by atoms with E-state index in [9.17, 15) is 4.79 Å². The first-order chi connectivity index (χ1) is 15.1. The van der Waals surface area contributed by atoms with Crippen LogP contribution in [0.1, 0.15) is 37.6 Å². The van der Waals surface area contributed by atoms with Gasteiger partial charge in [0, 0.05) is 11.4 Å². The number of benzene rings is 2. The van der Waals surface area contributed by atoms with Gasteiger partial charge in [-0.25, -0.2) is 0 Å². The number of carbonyl (C=O) groups excluding carboxylic acids is 1. The molecule has 1 aliphatic rings. The lowest BCUT2D eigenvalue weighted by Crippen LogP contribution is -2.30. The Morgan fingerprint density at radius 2 is 1.84 bits per heavy atom. The standard InChI is InChI=1S/C24H29N5OS/c1-18-10-9-11-20(16-18)25-23(30)19(2)31-24-27-26-22(17-28-14-7-4-8-15-28)29(24)21-12-5-3-6-13-21/h3,5-6,9-13,16,19H,4,7-8,14-15,17H2,1-2H3,(H,25,30). The summed E-state index contributed by atoms with van der Waals surface area (Å²) in [5, 5.41) is 12.4. The molecule has 1 N–H and O–H groups in total. The lowest BCUT2D eigenvalue weighted by atomic mass is 10.1. The maximum Gasteiger partial charge on any atom is 0.237 e. The predicted molar refractivity (Wildman–Crippen MR) is 126 cm³/mol. The minimum absolute atomic E-state index is 0.0456. The van der Waals surface area contributed by atoms with Gasteiger partial charge in [0.1, 0.15) is 0 Å². The molecule has 1 fully saturated rings. The SMILES string of the molecule is Cc1cccc(NC(=O)C(C)Sc2nnc(CN3CCCCC3)n2-c2ccccc2)c1. The number of hydrogen-bond donors (Lipinski definition) is 1. The third-order valence-corrected chi connectivity index (χ3v) is 6.51. The van der Waals surface area contributed by atoms with E-state index in [2.05, 4.69) is 37.1 Å². The summed E-state index contributed by atoms with van der Waals surface area (Å²) in [6, 6.07) is 18.0. The van der Waals surface area contributed by atoms with Crippen LogP contribution >= 0.6 is 11.8 Å². The number of likely N-dealkylation sites (tertiary alicyclic amines) is 1. The molecule has 162 valence electrons. The Morgan fingerprint density at radius 3 is 2.58 bits per heavy atom. The Hall–Kier alpha value is -2.64. The molecular weight excluding hydrogens is 406 g/mol. The van der Waals surface area contributed by atoms with Crippen LogP contribution in [0.3, 0.4) is 0 Å². The molecule has 1 amide bonds. The fourth-order valence-electron chi connectivity index (χ4n) is 3.81. The Morgan fingerprint density at radius 1 is 1.06 bits per heavy atom. The summed E-state index contributed by atoms with van der Waals surface area (Å²) >= 11 is 1.44. The van der Waals surface area contributed by atoms with Gasteiger partial charge in [-0.2, -0.15) is 0 Å². The van der Waals surface area contributed by atoms with Crippen LogP contribution in [0.2, 0.25) is 0 Å². The fraction of sp³-hybridized carbons (Fsp3) is 0.375. The minimum Gasteiger partial charge on any atom is -0.325 e. The number of carbonyl (C=O) groups is 1. The highest BCUT2D eigenvalue weighted by atomic mass is 32.2. The summed E-state index contributed by atoms with van der Waals surface area (Å²) in [7, 11) is 0. The first-order valence-corrected chi connectivity index (χ1v) is 11.7. The topological polar surface area (TPSA) is 63.1 Å². The molecule has 0 aliphatic carbocycles. The lowest BCUT2D eigenvalue weighted by molar-refractivity contribution is -0.115. The molecular formula is C24H29N5OS. The zero-order valence-electron chi connectivity index (χ0n) is 18.1. The van der Waals surface area contributed by atoms with Gasteiger partial charge in [0.25, 0.3) is 0 Å². The molecule has 0 spiro atoms. The first-order valence-electron chi connectivity index (χ1n) is 10.9. The van der Waals surface area contributed by atoms with E-state index in [-0.39, 0.29) is 11.2 Å². The van der Waals surface area contributed by atoms with Crippen molar-refractivity contribution in [3.8, 4) is 5.69 Å². The van der Waals surface area contributed by atoms with Gasteiger partial charge >= 0.3 is 0 Å². The Balaban J connectivity index is 1.53. The van der Waals surface area contributed by atoms with Gasteiger partial charge < -0.3 is 5.32 Å². The summed E-state index contributed by atoms with van der Waals surface area (Å²) in [5.41, 5.74) is 2.95. The molecule has 1 aliphatic heterocycles. The average Bonchev–Trinajstić information content (AvgIpc) is 3.17. The number of nitrogens with one attached hydrogen (secondary N) is 1. The third kappa shape index (κ3) is 5.54. The summed E-state index contributed by atoms with van der Waals surface area (Å²) in [5.74, 6) is 0.873. The maximum atomic E-state index is 12.8. The van der Waals surface area contributed by atoms with Crippen molar-refractivity contribution in [3.63, 3.8) is 0 Å². The number of amides is 1. The van der Waals surface area contributed by atoms with E-state index >= 15 is 0 Å².